The third-order valence-corrected chi connectivity index (χ3v) is 3.65. The summed E-state index contributed by atoms with van der Waals surface area (Å²) in [5.74, 6) is 0.712. The van der Waals surface area contributed by atoms with Crippen molar-refractivity contribution in [3.63, 3.8) is 0 Å². The van der Waals surface area contributed by atoms with E-state index < -0.39 is 5.97 Å². The maximum absolute atomic E-state index is 12.1. The summed E-state index contributed by atoms with van der Waals surface area (Å²) in [5, 5.41) is 0. The molecular formula is C19H22N2O4. The Labute approximate surface area is 147 Å². The third-order valence-electron chi connectivity index (χ3n) is 3.65. The number of carbonyl (C=O) groups excluding carboxylic acids is 1. The Morgan fingerprint density at radius 1 is 1.20 bits per heavy atom. The molecule has 0 aliphatic heterocycles. The molecule has 0 saturated carbocycles. The van der Waals surface area contributed by atoms with Gasteiger partial charge in [0.05, 0.1) is 31.7 Å². The van der Waals surface area contributed by atoms with Crippen LogP contribution >= 0.6 is 0 Å². The van der Waals surface area contributed by atoms with Crippen LogP contribution in [0.25, 0.3) is 5.57 Å². The molecule has 1 aromatic carbocycles. The van der Waals surface area contributed by atoms with E-state index in [0.717, 1.165) is 5.56 Å². The van der Waals surface area contributed by atoms with Crippen molar-refractivity contribution in [1.29, 1.82) is 0 Å². The lowest BCUT2D eigenvalue weighted by Crippen LogP contribution is -2.09. The zero-order valence-electron chi connectivity index (χ0n) is 15.1. The fourth-order valence-electron chi connectivity index (χ4n) is 2.32. The minimum absolute atomic E-state index is 0.193. The second kappa shape index (κ2) is 8.28. The minimum Gasteiger partial charge on any atom is -0.503 e. The number of hydrogen-bond donors (Lipinski definition) is 0. The predicted molar refractivity (Wildman–Crippen MR) is 94.4 cm³/mol. The average Bonchev–Trinajstić information content (AvgIpc) is 2.60. The van der Waals surface area contributed by atoms with Gasteiger partial charge in [-0.05, 0) is 30.5 Å². The molecule has 2 aromatic rings. The average molecular weight is 342 g/mol. The lowest BCUT2D eigenvalue weighted by molar-refractivity contribution is -0.133. The molecule has 0 saturated heterocycles. The highest BCUT2D eigenvalue weighted by Crippen LogP contribution is 2.31. The van der Waals surface area contributed by atoms with E-state index in [0.29, 0.717) is 22.9 Å². The van der Waals surface area contributed by atoms with E-state index in [2.05, 4.69) is 23.8 Å². The topological polar surface area (TPSA) is 70.5 Å². The summed E-state index contributed by atoms with van der Waals surface area (Å²) >= 11 is 0. The van der Waals surface area contributed by atoms with Gasteiger partial charge in [0.25, 0.3) is 0 Å². The molecular weight excluding hydrogens is 320 g/mol. The molecule has 2 rings (SSSR count). The van der Waals surface area contributed by atoms with Crippen LogP contribution in [0.5, 0.6) is 11.6 Å². The van der Waals surface area contributed by atoms with Gasteiger partial charge in [0, 0.05) is 0 Å². The number of aromatic nitrogens is 2. The number of ether oxygens (including phenoxy) is 3. The fourth-order valence-corrected chi connectivity index (χ4v) is 2.32. The molecule has 25 heavy (non-hydrogen) atoms. The van der Waals surface area contributed by atoms with E-state index in [-0.39, 0.29) is 11.5 Å². The van der Waals surface area contributed by atoms with Crippen LogP contribution in [-0.2, 0) is 14.3 Å². The molecule has 0 unspecified atom stereocenters. The Hall–Kier alpha value is -2.89. The van der Waals surface area contributed by atoms with E-state index in [1.165, 1.54) is 26.8 Å². The van der Waals surface area contributed by atoms with Gasteiger partial charge in [-0.2, -0.15) is 0 Å². The minimum atomic E-state index is -0.555. The van der Waals surface area contributed by atoms with Crippen molar-refractivity contribution >= 4 is 11.5 Å². The summed E-state index contributed by atoms with van der Waals surface area (Å²) in [6.07, 6.45) is 2.69. The van der Waals surface area contributed by atoms with Crippen molar-refractivity contribution < 1.29 is 19.0 Å². The molecule has 6 nitrogen and oxygen atoms in total. The van der Waals surface area contributed by atoms with E-state index in [1.54, 1.807) is 6.92 Å². The molecule has 0 radical (unpaired) electrons. The fraction of sp³-hybridized carbons (Fsp3) is 0.316. The number of carbonyl (C=O) groups is 1. The molecule has 6 heteroatoms. The number of methoxy groups -OCH3 is 2. The van der Waals surface area contributed by atoms with Crippen molar-refractivity contribution in [2.24, 2.45) is 0 Å². The number of benzene rings is 1. The molecule has 0 bridgehead atoms. The van der Waals surface area contributed by atoms with Crippen LogP contribution in [0.2, 0.25) is 0 Å². The van der Waals surface area contributed by atoms with E-state index in [9.17, 15) is 4.79 Å². The second-order valence-corrected chi connectivity index (χ2v) is 5.73. The summed E-state index contributed by atoms with van der Waals surface area (Å²) in [5.41, 5.74) is 2.36. The van der Waals surface area contributed by atoms with Crippen LogP contribution in [-0.4, -0.2) is 30.2 Å². The predicted octanol–water partition coefficient (Wildman–Crippen LogP) is 3.86. The first kappa shape index (κ1) is 18.4. The van der Waals surface area contributed by atoms with Crippen molar-refractivity contribution in [1.82, 2.24) is 9.97 Å². The van der Waals surface area contributed by atoms with Gasteiger partial charge in [0.2, 0.25) is 5.88 Å². The third kappa shape index (κ3) is 4.35. The highest BCUT2D eigenvalue weighted by Gasteiger charge is 2.22. The van der Waals surface area contributed by atoms with Gasteiger partial charge in [0.15, 0.2) is 0 Å². The Balaban J connectivity index is 2.49. The highest BCUT2D eigenvalue weighted by molar-refractivity contribution is 6.17. The normalized spacial score (nSPS) is 11.4. The summed E-state index contributed by atoms with van der Waals surface area (Å²) < 4.78 is 15.8. The van der Waals surface area contributed by atoms with Crippen LogP contribution in [0.1, 0.15) is 36.6 Å². The van der Waals surface area contributed by atoms with E-state index >= 15 is 0 Å². The SMILES string of the molecule is COC=C(C(=O)OC)c1c(C)ncnc1Oc1cccc(C(C)C)c1. The number of rotatable bonds is 6. The molecule has 0 aliphatic carbocycles. The molecule has 0 N–H and O–H groups in total. The summed E-state index contributed by atoms with van der Waals surface area (Å²) in [6.45, 7) is 5.98. The molecule has 0 amide bonds. The van der Waals surface area contributed by atoms with Crippen LogP contribution in [0.4, 0.5) is 0 Å². The first-order valence-corrected chi connectivity index (χ1v) is 7.89. The van der Waals surface area contributed by atoms with Gasteiger partial charge >= 0.3 is 5.97 Å². The van der Waals surface area contributed by atoms with Crippen molar-refractivity contribution in [3.05, 3.63) is 53.7 Å². The van der Waals surface area contributed by atoms with Crippen LogP contribution in [0.15, 0.2) is 36.9 Å². The Bertz CT molecular complexity index is 785. The molecule has 0 aliphatic rings. The Morgan fingerprint density at radius 2 is 1.96 bits per heavy atom. The van der Waals surface area contributed by atoms with Crippen LogP contribution in [0, 0.1) is 6.92 Å². The van der Waals surface area contributed by atoms with Gasteiger partial charge in [-0.1, -0.05) is 26.0 Å². The first-order chi connectivity index (χ1) is 12.0. The summed E-state index contributed by atoms with van der Waals surface area (Å²) in [6, 6.07) is 7.74. The zero-order chi connectivity index (χ0) is 18.4. The van der Waals surface area contributed by atoms with Crippen LogP contribution < -0.4 is 4.74 Å². The molecule has 132 valence electrons. The van der Waals surface area contributed by atoms with Gasteiger partial charge in [-0.25, -0.2) is 14.8 Å². The van der Waals surface area contributed by atoms with Gasteiger partial charge in [0.1, 0.15) is 17.6 Å². The molecule has 0 spiro atoms. The lowest BCUT2D eigenvalue weighted by atomic mass is 10.0. The maximum atomic E-state index is 12.1. The molecule has 0 fully saturated rings. The van der Waals surface area contributed by atoms with Crippen molar-refractivity contribution in [3.8, 4) is 11.6 Å². The maximum Gasteiger partial charge on any atom is 0.341 e. The Morgan fingerprint density at radius 3 is 2.60 bits per heavy atom. The standard InChI is InChI=1S/C19H22N2O4/c1-12(2)14-7-6-8-15(9-14)25-18-17(13(3)20-11-21-18)16(10-23-4)19(22)24-5/h6-12H,1-5H3. The lowest BCUT2D eigenvalue weighted by Gasteiger charge is -2.14. The molecule has 1 aromatic heterocycles. The summed E-state index contributed by atoms with van der Waals surface area (Å²) in [7, 11) is 2.76. The van der Waals surface area contributed by atoms with E-state index in [4.69, 9.17) is 14.2 Å². The number of aryl methyl sites for hydroxylation is 1. The Kier molecular flexibility index (Phi) is 6.11. The van der Waals surface area contributed by atoms with Gasteiger partial charge in [-0.3, -0.25) is 0 Å². The number of hydrogen-bond acceptors (Lipinski definition) is 6. The van der Waals surface area contributed by atoms with Crippen molar-refractivity contribution in [2.75, 3.05) is 14.2 Å². The molecule has 0 atom stereocenters. The number of nitrogens with zero attached hydrogens (tertiary/aromatic N) is 2. The second-order valence-electron chi connectivity index (χ2n) is 5.73. The first-order valence-electron chi connectivity index (χ1n) is 7.89. The largest absolute Gasteiger partial charge is 0.503 e. The van der Waals surface area contributed by atoms with Crippen molar-refractivity contribution in [2.45, 2.75) is 26.7 Å². The smallest absolute Gasteiger partial charge is 0.341 e. The summed E-state index contributed by atoms with van der Waals surface area (Å²) in [4.78, 5) is 20.5. The van der Waals surface area contributed by atoms with E-state index in [1.807, 2.05) is 24.3 Å². The van der Waals surface area contributed by atoms with Gasteiger partial charge < -0.3 is 14.2 Å². The quantitative estimate of drug-likeness (QED) is 0.451. The monoisotopic (exact) mass is 342 g/mol. The molecule has 1 heterocycles. The van der Waals surface area contributed by atoms with Gasteiger partial charge in [-0.15, -0.1) is 0 Å². The zero-order valence-corrected chi connectivity index (χ0v) is 15.1. The number of esters is 1. The van der Waals surface area contributed by atoms with Crippen LogP contribution in [0.3, 0.4) is 0 Å². The highest BCUT2D eigenvalue weighted by atomic mass is 16.5.